The van der Waals surface area contributed by atoms with Gasteiger partial charge in [-0.2, -0.15) is 0 Å². The van der Waals surface area contributed by atoms with Crippen molar-refractivity contribution in [3.05, 3.63) is 23.8 Å². The van der Waals surface area contributed by atoms with Crippen molar-refractivity contribution in [2.24, 2.45) is 5.84 Å². The first-order valence-corrected chi connectivity index (χ1v) is 3.45. The van der Waals surface area contributed by atoms with Crippen molar-refractivity contribution in [1.29, 1.82) is 0 Å². The van der Waals surface area contributed by atoms with E-state index in [-0.39, 0.29) is 0 Å². The summed E-state index contributed by atoms with van der Waals surface area (Å²) in [6.07, 6.45) is 0. The van der Waals surface area contributed by atoms with Gasteiger partial charge in [0.05, 0.1) is 5.69 Å². The number of carbonyl (C=O) groups excluding carboxylic acids is 1. The third-order valence-electron chi connectivity index (χ3n) is 1.55. The van der Waals surface area contributed by atoms with E-state index in [1.54, 1.807) is 12.1 Å². The van der Waals surface area contributed by atoms with Crippen LogP contribution in [0.3, 0.4) is 0 Å². The van der Waals surface area contributed by atoms with Gasteiger partial charge in [0.1, 0.15) is 5.75 Å². The van der Waals surface area contributed by atoms with Gasteiger partial charge in [-0.05, 0) is 18.6 Å². The van der Waals surface area contributed by atoms with E-state index in [9.17, 15) is 4.79 Å². The Balaban J connectivity index is 2.96. The zero-order valence-electron chi connectivity index (χ0n) is 6.70. The Morgan fingerprint density at radius 1 is 1.58 bits per heavy atom. The Hall–Kier alpha value is -1.55. The van der Waals surface area contributed by atoms with Gasteiger partial charge in [0.15, 0.2) is 0 Å². The lowest BCUT2D eigenvalue weighted by Crippen LogP contribution is -2.08. The van der Waals surface area contributed by atoms with Crippen LogP contribution in [-0.2, 0) is 4.79 Å². The summed E-state index contributed by atoms with van der Waals surface area (Å²) in [7, 11) is 0. The molecule has 0 aliphatic heterocycles. The number of ether oxygens (including phenoxy) is 1. The molecule has 0 radical (unpaired) electrons. The fraction of sp³-hybridized carbons (Fsp3) is 0.125. The second-order valence-electron chi connectivity index (χ2n) is 2.34. The molecule has 0 saturated carbocycles. The van der Waals surface area contributed by atoms with E-state index in [1.807, 2.05) is 13.0 Å². The Bertz CT molecular complexity index is 286. The van der Waals surface area contributed by atoms with Crippen LogP contribution in [0.1, 0.15) is 5.56 Å². The lowest BCUT2D eigenvalue weighted by atomic mass is 10.2. The van der Waals surface area contributed by atoms with Gasteiger partial charge >= 0.3 is 0 Å². The van der Waals surface area contributed by atoms with E-state index in [0.717, 1.165) is 11.3 Å². The van der Waals surface area contributed by atoms with Gasteiger partial charge in [-0.25, -0.2) is 0 Å². The third kappa shape index (κ3) is 1.73. The van der Waals surface area contributed by atoms with Crippen LogP contribution < -0.4 is 16.0 Å². The Morgan fingerprint density at radius 3 is 2.92 bits per heavy atom. The van der Waals surface area contributed by atoms with Crippen LogP contribution >= 0.6 is 0 Å². The Labute approximate surface area is 70.3 Å². The number of nitrogen functional groups attached to an aromatic ring is 1. The van der Waals surface area contributed by atoms with Crippen molar-refractivity contribution >= 4 is 12.2 Å². The molecule has 0 aliphatic carbocycles. The molecular weight excluding hydrogens is 156 g/mol. The number of hydrogen-bond acceptors (Lipinski definition) is 4. The van der Waals surface area contributed by atoms with Crippen molar-refractivity contribution in [3.63, 3.8) is 0 Å². The quantitative estimate of drug-likeness (QED) is 0.396. The standard InChI is InChI=1S/C8H10N2O2/c1-6-2-3-7(12-5-11)4-8(6)10-9/h2-5,10H,9H2,1H3. The maximum Gasteiger partial charge on any atom is 0.298 e. The molecule has 0 aliphatic rings. The van der Waals surface area contributed by atoms with Crippen LogP contribution in [0, 0.1) is 6.92 Å². The van der Waals surface area contributed by atoms with Gasteiger partial charge in [-0.3, -0.25) is 10.6 Å². The van der Waals surface area contributed by atoms with E-state index < -0.39 is 0 Å². The van der Waals surface area contributed by atoms with Crippen LogP contribution in [-0.4, -0.2) is 6.47 Å². The van der Waals surface area contributed by atoms with Gasteiger partial charge < -0.3 is 10.2 Å². The maximum absolute atomic E-state index is 9.98. The van der Waals surface area contributed by atoms with Gasteiger partial charge in [-0.15, -0.1) is 0 Å². The van der Waals surface area contributed by atoms with E-state index in [0.29, 0.717) is 12.2 Å². The van der Waals surface area contributed by atoms with Crippen LogP contribution in [0.25, 0.3) is 0 Å². The molecule has 0 amide bonds. The van der Waals surface area contributed by atoms with Crippen molar-refractivity contribution < 1.29 is 9.53 Å². The molecule has 0 unspecified atom stereocenters. The van der Waals surface area contributed by atoms with E-state index in [1.165, 1.54) is 0 Å². The first-order chi connectivity index (χ1) is 5.77. The molecule has 64 valence electrons. The highest BCUT2D eigenvalue weighted by Crippen LogP contribution is 2.20. The van der Waals surface area contributed by atoms with Crippen LogP contribution in [0.15, 0.2) is 18.2 Å². The summed E-state index contributed by atoms with van der Waals surface area (Å²) in [6, 6.07) is 5.17. The normalized spacial score (nSPS) is 9.17. The highest BCUT2D eigenvalue weighted by Gasteiger charge is 1.98. The predicted octanol–water partition coefficient (Wildman–Crippen LogP) is 0.816. The fourth-order valence-electron chi connectivity index (χ4n) is 0.885. The summed E-state index contributed by atoms with van der Waals surface area (Å²) >= 11 is 0. The maximum atomic E-state index is 9.98. The van der Waals surface area contributed by atoms with Crippen molar-refractivity contribution in [3.8, 4) is 5.75 Å². The molecule has 3 N–H and O–H groups in total. The SMILES string of the molecule is Cc1ccc(OC=O)cc1NN. The van der Waals surface area contributed by atoms with E-state index in [4.69, 9.17) is 5.84 Å². The predicted molar refractivity (Wildman–Crippen MR) is 45.7 cm³/mol. The smallest absolute Gasteiger partial charge is 0.298 e. The molecule has 0 atom stereocenters. The molecule has 1 rings (SSSR count). The monoisotopic (exact) mass is 166 g/mol. The number of carbonyl (C=O) groups is 1. The lowest BCUT2D eigenvalue weighted by Gasteiger charge is -2.05. The zero-order valence-corrected chi connectivity index (χ0v) is 6.70. The molecule has 0 bridgehead atoms. The Morgan fingerprint density at radius 2 is 2.33 bits per heavy atom. The number of aryl methyl sites for hydroxylation is 1. The average Bonchev–Trinajstić information content (AvgIpc) is 2.09. The summed E-state index contributed by atoms with van der Waals surface area (Å²) < 4.78 is 4.63. The second kappa shape index (κ2) is 3.73. The first kappa shape index (κ1) is 8.55. The third-order valence-corrected chi connectivity index (χ3v) is 1.55. The minimum Gasteiger partial charge on any atom is -0.429 e. The first-order valence-electron chi connectivity index (χ1n) is 3.45. The zero-order chi connectivity index (χ0) is 8.97. The van der Waals surface area contributed by atoms with E-state index in [2.05, 4.69) is 10.2 Å². The summed E-state index contributed by atoms with van der Waals surface area (Å²) in [5.41, 5.74) is 4.24. The molecule has 0 spiro atoms. The largest absolute Gasteiger partial charge is 0.429 e. The highest BCUT2D eigenvalue weighted by atomic mass is 16.5. The molecule has 1 aromatic carbocycles. The molecule has 0 aromatic heterocycles. The van der Waals surface area contributed by atoms with Crippen molar-refractivity contribution in [2.75, 3.05) is 5.43 Å². The minimum atomic E-state index is 0.380. The molecule has 1 aromatic rings. The van der Waals surface area contributed by atoms with Crippen LogP contribution in [0.4, 0.5) is 5.69 Å². The number of hydrazine groups is 1. The van der Waals surface area contributed by atoms with Gasteiger partial charge in [0.25, 0.3) is 6.47 Å². The fourth-order valence-corrected chi connectivity index (χ4v) is 0.885. The summed E-state index contributed by atoms with van der Waals surface area (Å²) in [5.74, 6) is 5.70. The number of nitrogens with one attached hydrogen (secondary N) is 1. The molecule has 0 heterocycles. The topological polar surface area (TPSA) is 64.3 Å². The number of benzene rings is 1. The number of anilines is 1. The van der Waals surface area contributed by atoms with Gasteiger partial charge in [0, 0.05) is 6.07 Å². The molecule has 4 nitrogen and oxygen atoms in total. The molecule has 12 heavy (non-hydrogen) atoms. The lowest BCUT2D eigenvalue weighted by molar-refractivity contribution is -0.120. The number of hydrogen-bond donors (Lipinski definition) is 2. The number of rotatable bonds is 3. The Kier molecular flexibility index (Phi) is 2.66. The van der Waals surface area contributed by atoms with Crippen molar-refractivity contribution in [1.82, 2.24) is 0 Å². The van der Waals surface area contributed by atoms with E-state index >= 15 is 0 Å². The number of nitrogens with two attached hydrogens (primary N) is 1. The molecule has 0 fully saturated rings. The summed E-state index contributed by atoms with van der Waals surface area (Å²) in [4.78, 5) is 9.98. The molecule has 0 saturated heterocycles. The van der Waals surface area contributed by atoms with Crippen LogP contribution in [0.5, 0.6) is 5.75 Å². The summed E-state index contributed by atoms with van der Waals surface area (Å²) in [5, 5.41) is 0. The van der Waals surface area contributed by atoms with Crippen molar-refractivity contribution in [2.45, 2.75) is 6.92 Å². The average molecular weight is 166 g/mol. The summed E-state index contributed by atoms with van der Waals surface area (Å²) in [6.45, 7) is 2.28. The molecular formula is C8H10N2O2. The van der Waals surface area contributed by atoms with Gasteiger partial charge in [0.2, 0.25) is 0 Å². The molecule has 4 heteroatoms. The minimum absolute atomic E-state index is 0.380. The second-order valence-corrected chi connectivity index (χ2v) is 2.34. The van der Waals surface area contributed by atoms with Gasteiger partial charge in [-0.1, -0.05) is 6.07 Å². The highest BCUT2D eigenvalue weighted by molar-refractivity contribution is 5.56. The van der Waals surface area contributed by atoms with Crippen LogP contribution in [0.2, 0.25) is 0 Å².